The number of para-hydroxylation sites is 1. The van der Waals surface area contributed by atoms with Gasteiger partial charge in [0.15, 0.2) is 6.04 Å². The van der Waals surface area contributed by atoms with E-state index in [0.29, 0.717) is 6.54 Å². The molecule has 1 aromatic rings. The van der Waals surface area contributed by atoms with Crippen molar-refractivity contribution in [2.24, 2.45) is 0 Å². The van der Waals surface area contributed by atoms with Crippen molar-refractivity contribution in [3.05, 3.63) is 35.5 Å². The van der Waals surface area contributed by atoms with Crippen LogP contribution in [0.15, 0.2) is 30.0 Å². The van der Waals surface area contributed by atoms with Crippen molar-refractivity contribution in [3.8, 4) is 0 Å². The summed E-state index contributed by atoms with van der Waals surface area (Å²) in [4.78, 5) is 41.1. The second-order valence-electron chi connectivity index (χ2n) is 7.30. The Labute approximate surface area is 145 Å². The summed E-state index contributed by atoms with van der Waals surface area (Å²) in [5.41, 5.74) is 3.04. The normalized spacial score (nSPS) is 32.1. The van der Waals surface area contributed by atoms with E-state index >= 15 is 0 Å². The van der Waals surface area contributed by atoms with E-state index in [0.717, 1.165) is 33.2 Å². The molecule has 1 spiro atoms. The summed E-state index contributed by atoms with van der Waals surface area (Å²) in [6.07, 6.45) is 0.875. The van der Waals surface area contributed by atoms with E-state index in [1.54, 1.807) is 0 Å². The number of barbiturate groups is 1. The number of nitrogens with one attached hydrogen (secondary N) is 1. The molecular weight excluding hydrogens is 320 g/mol. The third-order valence-corrected chi connectivity index (χ3v) is 6.46. The summed E-state index contributed by atoms with van der Waals surface area (Å²) in [5.74, 6) is -0.857. The Morgan fingerprint density at radius 2 is 1.76 bits per heavy atom. The van der Waals surface area contributed by atoms with Crippen LogP contribution in [0.4, 0.5) is 10.5 Å². The highest BCUT2D eigenvalue weighted by Crippen LogP contribution is 2.62. The number of likely N-dealkylation sites (N-methyl/N-ethyl adjacent to an activating group) is 3. The molecule has 4 heterocycles. The number of carbonyl (C=O) groups is 3. The largest absolute Gasteiger partial charge is 0.333 e. The molecule has 25 heavy (non-hydrogen) atoms. The van der Waals surface area contributed by atoms with Gasteiger partial charge in [-0.3, -0.25) is 24.7 Å². The first-order chi connectivity index (χ1) is 11.9. The smallest absolute Gasteiger partial charge is 0.299 e. The Balaban J connectivity index is 1.84. The van der Waals surface area contributed by atoms with Crippen LogP contribution in [-0.4, -0.2) is 66.9 Å². The molecule has 5 rings (SSSR count). The predicted octanol–water partition coefficient (Wildman–Crippen LogP) is 0.513. The average Bonchev–Trinajstić information content (AvgIpc) is 2.88. The number of amides is 4. The molecule has 4 aliphatic rings. The number of hydrogen-bond acceptors (Lipinski definition) is 4. The molecule has 0 bridgehead atoms. The molecule has 2 atom stereocenters. The summed E-state index contributed by atoms with van der Waals surface area (Å²) >= 11 is 0. The Morgan fingerprint density at radius 1 is 1.12 bits per heavy atom. The van der Waals surface area contributed by atoms with Crippen LogP contribution in [0.5, 0.6) is 0 Å². The lowest BCUT2D eigenvalue weighted by Gasteiger charge is -2.62. The maximum Gasteiger partial charge on any atom is 0.333 e. The number of imide groups is 2. The highest BCUT2D eigenvalue weighted by Gasteiger charge is 2.84. The van der Waals surface area contributed by atoms with Crippen molar-refractivity contribution < 1.29 is 14.4 Å². The standard InChI is InChI=1S/C18H19N4O3/c1-20-15(23)18(16(24)21(2)17(20)25)14-13-11(8-9-19-14)10-6-4-5-7-12(10)22(13,18)3/h4-7,14,19H,8-9H2,1-3H3/q+1. The number of quaternary nitrogens is 1. The Hall–Kier alpha value is -2.51. The first-order valence-electron chi connectivity index (χ1n) is 8.42. The summed E-state index contributed by atoms with van der Waals surface area (Å²) in [5, 5.41) is 3.38. The monoisotopic (exact) mass is 339 g/mol. The molecule has 2 unspecified atom stereocenters. The maximum atomic E-state index is 13.3. The minimum atomic E-state index is -1.36. The van der Waals surface area contributed by atoms with Crippen LogP contribution >= 0.6 is 0 Å². The number of carbonyl (C=O) groups excluding carboxylic acids is 3. The van der Waals surface area contributed by atoms with Crippen molar-refractivity contribution >= 4 is 29.1 Å². The second-order valence-corrected chi connectivity index (χ2v) is 7.30. The number of fused-ring (bicyclic) bond motifs is 5. The number of benzene rings is 1. The number of rotatable bonds is 0. The van der Waals surface area contributed by atoms with Gasteiger partial charge in [-0.15, -0.1) is 0 Å². The van der Waals surface area contributed by atoms with Gasteiger partial charge in [0.05, 0.1) is 7.05 Å². The maximum absolute atomic E-state index is 13.3. The van der Waals surface area contributed by atoms with Gasteiger partial charge in [0.1, 0.15) is 11.4 Å². The zero-order valence-corrected chi connectivity index (χ0v) is 14.4. The fraction of sp³-hybridized carbons (Fsp3) is 0.389. The summed E-state index contributed by atoms with van der Waals surface area (Å²) in [6, 6.07) is 7.03. The third kappa shape index (κ3) is 1.23. The van der Waals surface area contributed by atoms with Crippen LogP contribution in [0, 0.1) is 0 Å². The molecule has 2 saturated heterocycles. The van der Waals surface area contributed by atoms with Gasteiger partial charge in [-0.05, 0) is 12.5 Å². The molecule has 4 aliphatic heterocycles. The zero-order chi connectivity index (χ0) is 17.7. The Kier molecular flexibility index (Phi) is 2.47. The van der Waals surface area contributed by atoms with Crippen molar-refractivity contribution in [1.29, 1.82) is 0 Å². The van der Waals surface area contributed by atoms with Gasteiger partial charge in [-0.2, -0.15) is 0 Å². The Morgan fingerprint density at radius 3 is 2.44 bits per heavy atom. The molecule has 0 radical (unpaired) electrons. The number of nitrogens with zero attached hydrogens (tertiary/aromatic N) is 3. The molecule has 7 nitrogen and oxygen atoms in total. The lowest BCUT2D eigenvalue weighted by Crippen LogP contribution is -2.93. The lowest BCUT2D eigenvalue weighted by molar-refractivity contribution is -0.165. The summed E-state index contributed by atoms with van der Waals surface area (Å²) in [7, 11) is 4.84. The van der Waals surface area contributed by atoms with E-state index in [1.165, 1.54) is 19.7 Å². The van der Waals surface area contributed by atoms with Crippen LogP contribution in [-0.2, 0) is 9.59 Å². The summed E-state index contributed by atoms with van der Waals surface area (Å²) in [6.45, 7) is 0.710. The van der Waals surface area contributed by atoms with Crippen molar-refractivity contribution in [3.63, 3.8) is 0 Å². The SMILES string of the molecule is CN1C(=O)N(C)C(=O)C2(C1=O)C1NCCC3=C1[N+]2(C)c1ccccc13. The molecule has 4 amide bonds. The van der Waals surface area contributed by atoms with Crippen molar-refractivity contribution in [1.82, 2.24) is 19.6 Å². The lowest BCUT2D eigenvalue weighted by atomic mass is 9.68. The first kappa shape index (κ1) is 14.8. The highest BCUT2D eigenvalue weighted by atomic mass is 16.2. The van der Waals surface area contributed by atoms with Crippen molar-refractivity contribution in [2.45, 2.75) is 18.0 Å². The van der Waals surface area contributed by atoms with Gasteiger partial charge in [-0.25, -0.2) is 9.28 Å². The summed E-state index contributed by atoms with van der Waals surface area (Å²) < 4.78 is 0.149. The van der Waals surface area contributed by atoms with Crippen molar-refractivity contribution in [2.75, 3.05) is 27.7 Å². The van der Waals surface area contributed by atoms with Crippen LogP contribution in [0.3, 0.4) is 0 Å². The molecule has 128 valence electrons. The Bertz CT molecular complexity index is 897. The first-order valence-corrected chi connectivity index (χ1v) is 8.42. The van der Waals surface area contributed by atoms with E-state index in [1.807, 2.05) is 25.2 Å². The molecule has 7 heteroatoms. The van der Waals surface area contributed by atoms with Gasteiger partial charge < -0.3 is 0 Å². The van der Waals surface area contributed by atoms with Gasteiger partial charge in [0, 0.05) is 37.8 Å². The minimum absolute atomic E-state index is 0.149. The van der Waals surface area contributed by atoms with Crippen LogP contribution in [0.25, 0.3) is 5.57 Å². The van der Waals surface area contributed by atoms with Crippen LogP contribution in [0.2, 0.25) is 0 Å². The van der Waals surface area contributed by atoms with E-state index < -0.39 is 23.4 Å². The van der Waals surface area contributed by atoms with E-state index in [9.17, 15) is 14.4 Å². The second kappa shape index (κ2) is 4.17. The van der Waals surface area contributed by atoms with E-state index in [4.69, 9.17) is 0 Å². The van der Waals surface area contributed by atoms with Crippen LogP contribution < -0.4 is 9.80 Å². The third-order valence-electron chi connectivity index (χ3n) is 6.46. The predicted molar refractivity (Wildman–Crippen MR) is 91.2 cm³/mol. The number of hydrogen-bond donors (Lipinski definition) is 1. The number of urea groups is 1. The van der Waals surface area contributed by atoms with Gasteiger partial charge in [0.25, 0.3) is 5.54 Å². The van der Waals surface area contributed by atoms with Crippen LogP contribution in [0.1, 0.15) is 12.0 Å². The fourth-order valence-electron chi connectivity index (χ4n) is 5.34. The quantitative estimate of drug-likeness (QED) is 0.552. The molecule has 0 aromatic heterocycles. The topological polar surface area (TPSA) is 69.7 Å². The van der Waals surface area contributed by atoms with Gasteiger partial charge >= 0.3 is 17.8 Å². The molecule has 0 saturated carbocycles. The molecule has 1 aromatic carbocycles. The highest BCUT2D eigenvalue weighted by molar-refractivity contribution is 6.27. The molecular formula is C18H19N4O3+. The zero-order valence-electron chi connectivity index (χ0n) is 14.4. The average molecular weight is 339 g/mol. The molecule has 1 N–H and O–H groups in total. The van der Waals surface area contributed by atoms with E-state index in [2.05, 4.69) is 11.4 Å². The van der Waals surface area contributed by atoms with E-state index in [-0.39, 0.29) is 10.5 Å². The van der Waals surface area contributed by atoms with Gasteiger partial charge in [0.2, 0.25) is 0 Å². The molecule has 0 aliphatic carbocycles. The van der Waals surface area contributed by atoms with Gasteiger partial charge in [-0.1, -0.05) is 12.1 Å². The minimum Gasteiger partial charge on any atom is -0.299 e. The molecule has 2 fully saturated rings. The fourth-order valence-corrected chi connectivity index (χ4v) is 5.34.